The molecule has 2 N–H and O–H groups in total. The van der Waals surface area contributed by atoms with Crippen LogP contribution in [0.3, 0.4) is 0 Å². The Morgan fingerprint density at radius 1 is 1.42 bits per heavy atom. The van der Waals surface area contributed by atoms with Crippen LogP contribution >= 0.6 is 0 Å². The first-order valence-corrected chi connectivity index (χ1v) is 8.00. The van der Waals surface area contributed by atoms with Crippen LogP contribution < -0.4 is 10.6 Å². The molecule has 0 aliphatic carbocycles. The number of rotatable bonds is 5. The minimum absolute atomic E-state index is 0.256. The van der Waals surface area contributed by atoms with Crippen LogP contribution in [-0.4, -0.2) is 56.4 Å². The molecule has 2 amide bonds. The van der Waals surface area contributed by atoms with Crippen LogP contribution in [0.5, 0.6) is 0 Å². The Kier molecular flexibility index (Phi) is 5.17. The van der Waals surface area contributed by atoms with Crippen molar-refractivity contribution >= 4 is 12.0 Å². The molecule has 24 heavy (non-hydrogen) atoms. The van der Waals surface area contributed by atoms with Crippen molar-refractivity contribution in [2.24, 2.45) is 0 Å². The molecule has 0 unspecified atom stereocenters. The number of carbonyl (C=O) groups excluding carboxylic acids is 2. The fourth-order valence-electron chi connectivity index (χ4n) is 2.84. The molecule has 130 valence electrons. The van der Waals surface area contributed by atoms with Crippen molar-refractivity contribution in [3.63, 3.8) is 0 Å². The maximum absolute atomic E-state index is 12.5. The van der Waals surface area contributed by atoms with E-state index in [1.807, 2.05) is 0 Å². The van der Waals surface area contributed by atoms with E-state index in [0.29, 0.717) is 36.8 Å². The van der Waals surface area contributed by atoms with Gasteiger partial charge in [-0.15, -0.1) is 0 Å². The molecule has 0 aromatic carbocycles. The molecule has 8 nitrogen and oxygen atoms in total. The molecule has 1 saturated heterocycles. The highest BCUT2D eigenvalue weighted by Crippen LogP contribution is 2.28. The number of carbonyl (C=O) groups is 2. The molecule has 0 radical (unpaired) electrons. The molecule has 1 aromatic heterocycles. The van der Waals surface area contributed by atoms with Crippen molar-refractivity contribution in [2.45, 2.75) is 13.0 Å². The Labute approximate surface area is 139 Å². The van der Waals surface area contributed by atoms with Crippen LogP contribution in [-0.2, 0) is 14.3 Å². The lowest BCUT2D eigenvalue weighted by molar-refractivity contribution is -0.139. The molecule has 0 saturated carbocycles. The average Bonchev–Trinajstić information content (AvgIpc) is 3.10. The van der Waals surface area contributed by atoms with E-state index in [1.165, 1.54) is 6.26 Å². The van der Waals surface area contributed by atoms with Gasteiger partial charge >= 0.3 is 12.0 Å². The number of nitrogens with zero attached hydrogens (tertiary/aromatic N) is 1. The monoisotopic (exact) mass is 335 g/mol. The molecule has 1 aromatic rings. The Balaban J connectivity index is 1.93. The highest BCUT2D eigenvalue weighted by atomic mass is 16.5. The SMILES string of the molecule is CCOC(=O)C1=C(CN2CCOCC2)NC(=O)N[C@@H]1c1ccco1. The Morgan fingerprint density at radius 3 is 2.88 bits per heavy atom. The predicted octanol–water partition coefficient (Wildman–Crippen LogP) is 0.783. The smallest absolute Gasteiger partial charge is 0.338 e. The summed E-state index contributed by atoms with van der Waals surface area (Å²) in [6.45, 7) is 5.21. The molecular weight excluding hydrogens is 314 g/mol. The minimum Gasteiger partial charge on any atom is -0.467 e. The molecule has 2 aliphatic rings. The van der Waals surface area contributed by atoms with Crippen molar-refractivity contribution in [3.8, 4) is 0 Å². The van der Waals surface area contributed by atoms with Gasteiger partial charge in [0.15, 0.2) is 0 Å². The van der Waals surface area contributed by atoms with E-state index in [0.717, 1.165) is 13.1 Å². The van der Waals surface area contributed by atoms with Gasteiger partial charge in [-0.05, 0) is 19.1 Å². The molecule has 1 fully saturated rings. The Morgan fingerprint density at radius 2 is 2.21 bits per heavy atom. The third kappa shape index (κ3) is 3.60. The summed E-state index contributed by atoms with van der Waals surface area (Å²) in [6.07, 6.45) is 1.51. The number of hydrogen-bond donors (Lipinski definition) is 2. The van der Waals surface area contributed by atoms with E-state index in [2.05, 4.69) is 15.5 Å². The molecule has 0 spiro atoms. The summed E-state index contributed by atoms with van der Waals surface area (Å²) in [5, 5.41) is 5.48. The summed E-state index contributed by atoms with van der Waals surface area (Å²) in [7, 11) is 0. The average molecular weight is 335 g/mol. The van der Waals surface area contributed by atoms with Gasteiger partial charge in [-0.25, -0.2) is 9.59 Å². The van der Waals surface area contributed by atoms with Gasteiger partial charge in [0.2, 0.25) is 0 Å². The normalized spacial score (nSPS) is 22.0. The lowest BCUT2D eigenvalue weighted by atomic mass is 10.00. The maximum Gasteiger partial charge on any atom is 0.338 e. The fraction of sp³-hybridized carbons (Fsp3) is 0.500. The molecule has 1 atom stereocenters. The molecule has 0 bridgehead atoms. The first kappa shape index (κ1) is 16.5. The molecule has 3 rings (SSSR count). The van der Waals surface area contributed by atoms with Crippen molar-refractivity contribution in [2.75, 3.05) is 39.5 Å². The molecular formula is C16H21N3O5. The van der Waals surface area contributed by atoms with Crippen LogP contribution in [0.15, 0.2) is 34.1 Å². The highest BCUT2D eigenvalue weighted by molar-refractivity contribution is 5.95. The number of amides is 2. The van der Waals surface area contributed by atoms with Crippen LogP contribution in [0.4, 0.5) is 4.79 Å². The highest BCUT2D eigenvalue weighted by Gasteiger charge is 2.35. The molecule has 3 heterocycles. The first-order valence-electron chi connectivity index (χ1n) is 8.00. The van der Waals surface area contributed by atoms with Crippen molar-refractivity contribution in [1.29, 1.82) is 0 Å². The second kappa shape index (κ2) is 7.50. The Bertz CT molecular complexity index is 620. The zero-order valence-corrected chi connectivity index (χ0v) is 13.5. The van der Waals surface area contributed by atoms with Crippen molar-refractivity contribution in [3.05, 3.63) is 35.4 Å². The van der Waals surface area contributed by atoms with E-state index in [-0.39, 0.29) is 12.6 Å². The fourth-order valence-corrected chi connectivity index (χ4v) is 2.84. The number of esters is 1. The van der Waals surface area contributed by atoms with E-state index in [4.69, 9.17) is 13.9 Å². The minimum atomic E-state index is -0.663. The second-order valence-electron chi connectivity index (χ2n) is 5.55. The number of nitrogens with one attached hydrogen (secondary N) is 2. The Hall–Kier alpha value is -2.32. The summed E-state index contributed by atoms with van der Waals surface area (Å²) in [5.74, 6) is 0.0297. The third-order valence-electron chi connectivity index (χ3n) is 3.96. The van der Waals surface area contributed by atoms with Gasteiger partial charge in [-0.3, -0.25) is 4.90 Å². The van der Waals surface area contributed by atoms with Gasteiger partial charge in [0, 0.05) is 25.3 Å². The number of ether oxygens (including phenoxy) is 2. The van der Waals surface area contributed by atoms with Crippen LogP contribution in [0, 0.1) is 0 Å². The second-order valence-corrected chi connectivity index (χ2v) is 5.55. The molecule has 8 heteroatoms. The van der Waals surface area contributed by atoms with Crippen molar-refractivity contribution < 1.29 is 23.5 Å². The quantitative estimate of drug-likeness (QED) is 0.773. The van der Waals surface area contributed by atoms with Crippen LogP contribution in [0.2, 0.25) is 0 Å². The van der Waals surface area contributed by atoms with E-state index in [9.17, 15) is 9.59 Å². The maximum atomic E-state index is 12.5. The van der Waals surface area contributed by atoms with E-state index < -0.39 is 12.0 Å². The summed E-state index contributed by atoms with van der Waals surface area (Å²) in [6, 6.07) is 2.41. The zero-order valence-electron chi connectivity index (χ0n) is 13.5. The number of hydrogen-bond acceptors (Lipinski definition) is 6. The zero-order chi connectivity index (χ0) is 16.9. The lowest BCUT2D eigenvalue weighted by Crippen LogP contribution is -2.49. The lowest BCUT2D eigenvalue weighted by Gasteiger charge is -2.32. The van der Waals surface area contributed by atoms with Crippen LogP contribution in [0.25, 0.3) is 0 Å². The third-order valence-corrected chi connectivity index (χ3v) is 3.96. The number of furan rings is 1. The van der Waals surface area contributed by atoms with Crippen LogP contribution in [0.1, 0.15) is 18.7 Å². The predicted molar refractivity (Wildman–Crippen MR) is 84.0 cm³/mol. The number of urea groups is 1. The first-order chi connectivity index (χ1) is 11.7. The number of morpholine rings is 1. The van der Waals surface area contributed by atoms with Gasteiger partial charge in [0.1, 0.15) is 11.8 Å². The van der Waals surface area contributed by atoms with E-state index >= 15 is 0 Å². The summed E-state index contributed by atoms with van der Waals surface area (Å²) in [4.78, 5) is 26.7. The molecule has 2 aliphatic heterocycles. The topological polar surface area (TPSA) is 93.0 Å². The van der Waals surface area contributed by atoms with Gasteiger partial charge in [-0.1, -0.05) is 0 Å². The summed E-state index contributed by atoms with van der Waals surface area (Å²) >= 11 is 0. The van der Waals surface area contributed by atoms with Crippen molar-refractivity contribution in [1.82, 2.24) is 15.5 Å². The van der Waals surface area contributed by atoms with E-state index in [1.54, 1.807) is 19.1 Å². The summed E-state index contributed by atoms with van der Waals surface area (Å²) in [5.41, 5.74) is 0.915. The van der Waals surface area contributed by atoms with Gasteiger partial charge in [0.05, 0.1) is 31.7 Å². The largest absolute Gasteiger partial charge is 0.467 e. The van der Waals surface area contributed by atoms with Gasteiger partial charge < -0.3 is 24.5 Å². The van der Waals surface area contributed by atoms with Gasteiger partial charge in [-0.2, -0.15) is 0 Å². The van der Waals surface area contributed by atoms with Gasteiger partial charge in [0.25, 0.3) is 0 Å². The summed E-state index contributed by atoms with van der Waals surface area (Å²) < 4.78 is 15.9. The standard InChI is InChI=1S/C16H21N3O5/c1-2-23-15(20)13-11(10-19-5-8-22-9-6-19)17-16(21)18-14(13)12-4-3-7-24-12/h3-4,7,14H,2,5-6,8-10H2,1H3,(H2,17,18,21)/t14-/m1/s1.